The standard InChI is InChI=1S/C16H18S/c1-4-8-16-14(5-2)12(3)15-10-7-6-9-13(15)11-17-16/h4-10,12H,2,11H2,1,3H3/b8-4-. The lowest BCUT2D eigenvalue weighted by Crippen LogP contribution is -1.98. The molecule has 0 saturated carbocycles. The lowest BCUT2D eigenvalue weighted by atomic mass is 9.89. The van der Waals surface area contributed by atoms with Gasteiger partial charge in [-0.15, -0.1) is 11.8 Å². The van der Waals surface area contributed by atoms with Crippen molar-refractivity contribution in [2.24, 2.45) is 0 Å². The van der Waals surface area contributed by atoms with Crippen LogP contribution in [0.15, 0.2) is 59.6 Å². The van der Waals surface area contributed by atoms with Crippen LogP contribution in [0, 0.1) is 0 Å². The van der Waals surface area contributed by atoms with Gasteiger partial charge in [-0.2, -0.15) is 0 Å². The summed E-state index contributed by atoms with van der Waals surface area (Å²) in [5, 5.41) is 0. The first-order chi connectivity index (χ1) is 8.27. The lowest BCUT2D eigenvalue weighted by molar-refractivity contribution is 0.910. The van der Waals surface area contributed by atoms with Crippen LogP contribution in [0.1, 0.15) is 30.9 Å². The second kappa shape index (κ2) is 5.42. The van der Waals surface area contributed by atoms with Gasteiger partial charge in [-0.05, 0) is 23.6 Å². The maximum Gasteiger partial charge on any atom is 0.0235 e. The van der Waals surface area contributed by atoms with Gasteiger partial charge in [0.1, 0.15) is 0 Å². The van der Waals surface area contributed by atoms with E-state index in [4.69, 9.17) is 0 Å². The van der Waals surface area contributed by atoms with Crippen molar-refractivity contribution >= 4 is 11.8 Å². The molecule has 1 heterocycles. The summed E-state index contributed by atoms with van der Waals surface area (Å²) in [6.45, 7) is 8.31. The number of hydrogen-bond acceptors (Lipinski definition) is 1. The molecule has 1 unspecified atom stereocenters. The molecule has 0 bridgehead atoms. The minimum Gasteiger partial charge on any atom is -0.121 e. The zero-order valence-corrected chi connectivity index (χ0v) is 11.3. The zero-order valence-electron chi connectivity index (χ0n) is 10.4. The highest BCUT2D eigenvalue weighted by atomic mass is 32.2. The van der Waals surface area contributed by atoms with E-state index >= 15 is 0 Å². The van der Waals surface area contributed by atoms with E-state index in [1.54, 1.807) is 0 Å². The molecule has 0 amide bonds. The van der Waals surface area contributed by atoms with Crippen molar-refractivity contribution in [3.05, 3.63) is 70.7 Å². The summed E-state index contributed by atoms with van der Waals surface area (Å²) >= 11 is 1.91. The van der Waals surface area contributed by atoms with Gasteiger partial charge in [0.2, 0.25) is 0 Å². The number of rotatable bonds is 2. The molecule has 0 N–H and O–H groups in total. The highest BCUT2D eigenvalue weighted by Gasteiger charge is 2.19. The van der Waals surface area contributed by atoms with Crippen LogP contribution >= 0.6 is 11.8 Å². The molecule has 1 aromatic carbocycles. The molecule has 1 atom stereocenters. The van der Waals surface area contributed by atoms with Crippen LogP contribution in [0.4, 0.5) is 0 Å². The van der Waals surface area contributed by atoms with Crippen molar-refractivity contribution in [2.45, 2.75) is 25.5 Å². The van der Waals surface area contributed by atoms with Crippen LogP contribution in [0.3, 0.4) is 0 Å². The van der Waals surface area contributed by atoms with Gasteiger partial charge < -0.3 is 0 Å². The summed E-state index contributed by atoms with van der Waals surface area (Å²) in [5.74, 6) is 1.49. The van der Waals surface area contributed by atoms with E-state index in [1.165, 1.54) is 21.6 Å². The summed E-state index contributed by atoms with van der Waals surface area (Å²) in [5.41, 5.74) is 4.23. The van der Waals surface area contributed by atoms with Gasteiger partial charge in [-0.25, -0.2) is 0 Å². The fraction of sp³-hybridized carbons (Fsp3) is 0.250. The average Bonchev–Trinajstić information content (AvgIpc) is 2.48. The van der Waals surface area contributed by atoms with Crippen LogP contribution in [0.5, 0.6) is 0 Å². The first kappa shape index (κ1) is 12.3. The van der Waals surface area contributed by atoms with E-state index in [9.17, 15) is 0 Å². The highest BCUT2D eigenvalue weighted by Crippen LogP contribution is 2.40. The van der Waals surface area contributed by atoms with Crippen molar-refractivity contribution < 1.29 is 0 Å². The molecule has 88 valence electrons. The van der Waals surface area contributed by atoms with E-state index in [-0.39, 0.29) is 0 Å². The Labute approximate surface area is 108 Å². The molecular formula is C16H18S. The van der Waals surface area contributed by atoms with Crippen LogP contribution < -0.4 is 0 Å². The maximum atomic E-state index is 3.98. The van der Waals surface area contributed by atoms with Gasteiger partial charge in [0.15, 0.2) is 0 Å². The number of fused-ring (bicyclic) bond motifs is 1. The monoisotopic (exact) mass is 242 g/mol. The highest BCUT2D eigenvalue weighted by molar-refractivity contribution is 8.02. The Morgan fingerprint density at radius 1 is 1.35 bits per heavy atom. The Kier molecular flexibility index (Phi) is 3.90. The van der Waals surface area contributed by atoms with E-state index in [0.717, 1.165) is 5.75 Å². The van der Waals surface area contributed by atoms with Crippen molar-refractivity contribution in [3.63, 3.8) is 0 Å². The molecular weight excluding hydrogens is 224 g/mol. The van der Waals surface area contributed by atoms with E-state index in [2.05, 4.69) is 56.8 Å². The fourth-order valence-electron chi connectivity index (χ4n) is 2.28. The predicted octanol–water partition coefficient (Wildman–Crippen LogP) is 5.05. The van der Waals surface area contributed by atoms with Gasteiger partial charge >= 0.3 is 0 Å². The van der Waals surface area contributed by atoms with Crippen molar-refractivity contribution in [2.75, 3.05) is 0 Å². The third-order valence-corrected chi connectivity index (χ3v) is 4.33. The summed E-state index contributed by atoms with van der Waals surface area (Å²) in [6.07, 6.45) is 6.31. The molecule has 0 saturated heterocycles. The molecule has 0 nitrogen and oxygen atoms in total. The Morgan fingerprint density at radius 3 is 2.82 bits per heavy atom. The second-order valence-corrected chi connectivity index (χ2v) is 5.25. The largest absolute Gasteiger partial charge is 0.121 e. The maximum absolute atomic E-state index is 3.98. The molecule has 0 radical (unpaired) electrons. The third-order valence-electron chi connectivity index (χ3n) is 3.19. The number of allylic oxidation sites excluding steroid dienone is 4. The van der Waals surface area contributed by atoms with Gasteiger partial charge in [0, 0.05) is 16.6 Å². The van der Waals surface area contributed by atoms with Gasteiger partial charge in [-0.3, -0.25) is 0 Å². The average molecular weight is 242 g/mol. The smallest absolute Gasteiger partial charge is 0.0235 e. The predicted molar refractivity (Wildman–Crippen MR) is 78.2 cm³/mol. The topological polar surface area (TPSA) is 0 Å². The molecule has 1 aromatic rings. The van der Waals surface area contributed by atoms with Crippen molar-refractivity contribution in [1.29, 1.82) is 0 Å². The van der Waals surface area contributed by atoms with Crippen LogP contribution in [-0.2, 0) is 5.75 Å². The number of hydrogen-bond donors (Lipinski definition) is 0. The molecule has 0 fully saturated rings. The van der Waals surface area contributed by atoms with Crippen molar-refractivity contribution in [3.8, 4) is 0 Å². The molecule has 0 spiro atoms. The van der Waals surface area contributed by atoms with Gasteiger partial charge in [0.05, 0.1) is 0 Å². The second-order valence-electron chi connectivity index (χ2n) is 4.23. The van der Waals surface area contributed by atoms with E-state index in [0.29, 0.717) is 5.92 Å². The van der Waals surface area contributed by atoms with E-state index in [1.807, 2.05) is 17.8 Å². The Balaban J connectivity index is 2.52. The first-order valence-electron chi connectivity index (χ1n) is 5.97. The van der Waals surface area contributed by atoms with Gasteiger partial charge in [0.25, 0.3) is 0 Å². The Hall–Kier alpha value is -1.21. The molecule has 17 heavy (non-hydrogen) atoms. The van der Waals surface area contributed by atoms with E-state index < -0.39 is 0 Å². The summed E-state index contributed by atoms with van der Waals surface area (Å²) in [4.78, 5) is 1.35. The summed E-state index contributed by atoms with van der Waals surface area (Å²) in [7, 11) is 0. The molecule has 1 aliphatic rings. The van der Waals surface area contributed by atoms with Crippen LogP contribution in [-0.4, -0.2) is 0 Å². The normalized spacial score (nSPS) is 20.2. The quantitative estimate of drug-likeness (QED) is 0.699. The molecule has 2 rings (SSSR count). The van der Waals surface area contributed by atoms with Crippen LogP contribution in [0.2, 0.25) is 0 Å². The summed E-state index contributed by atoms with van der Waals surface area (Å²) in [6, 6.07) is 8.72. The first-order valence-corrected chi connectivity index (χ1v) is 6.96. The van der Waals surface area contributed by atoms with Crippen molar-refractivity contribution in [1.82, 2.24) is 0 Å². The fourth-order valence-corrected chi connectivity index (χ4v) is 3.51. The summed E-state index contributed by atoms with van der Waals surface area (Å²) < 4.78 is 0. The minimum atomic E-state index is 0.435. The molecule has 0 aromatic heterocycles. The number of thioether (sulfide) groups is 1. The Morgan fingerprint density at radius 2 is 2.12 bits per heavy atom. The molecule has 0 aliphatic carbocycles. The number of benzene rings is 1. The lowest BCUT2D eigenvalue weighted by Gasteiger charge is -2.15. The van der Waals surface area contributed by atoms with Crippen LogP contribution in [0.25, 0.3) is 0 Å². The molecule has 1 heteroatoms. The SMILES string of the molecule is C=CC1=C(/C=C\C)SCc2ccccc2C1C. The van der Waals surface area contributed by atoms with Gasteiger partial charge in [-0.1, -0.05) is 56.0 Å². The molecule has 1 aliphatic heterocycles. The minimum absolute atomic E-state index is 0.435. The third kappa shape index (κ3) is 2.39. The zero-order chi connectivity index (χ0) is 12.3. The Bertz CT molecular complexity index is 480.